The second-order valence-electron chi connectivity index (χ2n) is 8.39. The summed E-state index contributed by atoms with van der Waals surface area (Å²) in [6, 6.07) is 8.61. The number of nitrogens with zero attached hydrogens (tertiary/aromatic N) is 3. The Kier molecular flexibility index (Phi) is 7.11. The van der Waals surface area contributed by atoms with Crippen LogP contribution in [-0.4, -0.2) is 50.6 Å². The van der Waals surface area contributed by atoms with Crippen molar-refractivity contribution < 1.29 is 28.9 Å². The lowest BCUT2D eigenvalue weighted by Gasteiger charge is -2.25. The van der Waals surface area contributed by atoms with Crippen LogP contribution >= 0.6 is 11.3 Å². The van der Waals surface area contributed by atoms with Gasteiger partial charge in [0.15, 0.2) is 0 Å². The number of fused-ring (bicyclic) bond motifs is 1. The number of thiophene rings is 1. The van der Waals surface area contributed by atoms with Gasteiger partial charge in [0, 0.05) is 5.56 Å². The topological polar surface area (TPSA) is 146 Å². The van der Waals surface area contributed by atoms with Crippen molar-refractivity contribution in [2.45, 2.75) is 32.0 Å². The minimum Gasteiger partial charge on any atom is -0.496 e. The van der Waals surface area contributed by atoms with Crippen molar-refractivity contribution in [2.24, 2.45) is 0 Å². The zero-order valence-electron chi connectivity index (χ0n) is 19.8. The molecule has 0 spiro atoms. The van der Waals surface area contributed by atoms with E-state index in [0.29, 0.717) is 21.0 Å². The number of aliphatic hydroxyl groups excluding tert-OH is 1. The Morgan fingerprint density at radius 3 is 2.67 bits per heavy atom. The fourth-order valence-electron chi connectivity index (χ4n) is 3.88. The molecule has 0 fully saturated rings. The van der Waals surface area contributed by atoms with Gasteiger partial charge in [0.25, 0.3) is 5.56 Å². The third-order valence-electron chi connectivity index (χ3n) is 5.78. The van der Waals surface area contributed by atoms with Crippen molar-refractivity contribution >= 4 is 27.5 Å². The van der Waals surface area contributed by atoms with Crippen LogP contribution in [0.3, 0.4) is 0 Å². The van der Waals surface area contributed by atoms with Crippen LogP contribution in [0.1, 0.15) is 25.5 Å². The van der Waals surface area contributed by atoms with Crippen LogP contribution in [0.2, 0.25) is 0 Å². The lowest BCUT2D eigenvalue weighted by molar-refractivity contribution is -0.146. The molecule has 3 heterocycles. The van der Waals surface area contributed by atoms with Gasteiger partial charge in [0.1, 0.15) is 28.5 Å². The van der Waals surface area contributed by atoms with Crippen LogP contribution in [0.4, 0.5) is 0 Å². The molecule has 0 aliphatic rings. The van der Waals surface area contributed by atoms with Gasteiger partial charge in [-0.2, -0.15) is 0 Å². The number of aliphatic hydroxyl groups is 1. The van der Waals surface area contributed by atoms with Crippen LogP contribution in [0.15, 0.2) is 56.8 Å². The van der Waals surface area contributed by atoms with Gasteiger partial charge in [-0.05, 0) is 26.0 Å². The lowest BCUT2D eigenvalue weighted by atomic mass is 10.1. The molecule has 0 bridgehead atoms. The molecule has 3 aromatic heterocycles. The highest BCUT2D eigenvalue weighted by molar-refractivity contribution is 7.21. The first kappa shape index (κ1) is 25.4. The number of oxazole rings is 1. The van der Waals surface area contributed by atoms with Crippen molar-refractivity contribution in [3.63, 3.8) is 0 Å². The number of ether oxygens (including phenoxy) is 2. The van der Waals surface area contributed by atoms with Gasteiger partial charge >= 0.3 is 11.7 Å². The van der Waals surface area contributed by atoms with E-state index in [2.05, 4.69) is 4.98 Å². The molecule has 36 heavy (non-hydrogen) atoms. The number of aliphatic carboxylic acids is 1. The van der Waals surface area contributed by atoms with Crippen molar-refractivity contribution in [1.82, 2.24) is 14.1 Å². The predicted octanol–water partition coefficient (Wildman–Crippen LogP) is 2.46. The SMILES string of the molecule is COc1ccccc1[C@H](Cn1c(=O)n(C(C)(C)C(=O)O)c(=O)c2cc(-c3ncco3)sc21)OCCO. The molecule has 0 unspecified atom stereocenters. The highest BCUT2D eigenvalue weighted by Gasteiger charge is 2.35. The summed E-state index contributed by atoms with van der Waals surface area (Å²) in [6.45, 7) is 2.21. The van der Waals surface area contributed by atoms with Gasteiger partial charge < -0.3 is 24.1 Å². The fourth-order valence-corrected chi connectivity index (χ4v) is 4.98. The Balaban J connectivity index is 1.99. The van der Waals surface area contributed by atoms with Gasteiger partial charge in [0.05, 0.1) is 43.3 Å². The van der Waals surface area contributed by atoms with E-state index in [1.807, 2.05) is 0 Å². The first-order valence-corrected chi connectivity index (χ1v) is 11.8. The molecule has 12 heteroatoms. The van der Waals surface area contributed by atoms with Gasteiger partial charge in [-0.3, -0.25) is 9.36 Å². The quantitative estimate of drug-likeness (QED) is 0.325. The average molecular weight is 516 g/mol. The van der Waals surface area contributed by atoms with E-state index < -0.39 is 28.9 Å². The normalized spacial score (nSPS) is 12.7. The van der Waals surface area contributed by atoms with E-state index in [1.54, 1.807) is 24.3 Å². The largest absolute Gasteiger partial charge is 0.496 e. The van der Waals surface area contributed by atoms with Gasteiger partial charge in [-0.25, -0.2) is 19.1 Å². The predicted molar refractivity (Wildman–Crippen MR) is 132 cm³/mol. The second-order valence-corrected chi connectivity index (χ2v) is 9.42. The number of hydrogen-bond donors (Lipinski definition) is 2. The highest BCUT2D eigenvalue weighted by Crippen LogP contribution is 2.33. The number of para-hydroxylation sites is 1. The summed E-state index contributed by atoms with van der Waals surface area (Å²) in [5, 5.41) is 19.3. The third-order valence-corrected chi connectivity index (χ3v) is 6.93. The van der Waals surface area contributed by atoms with E-state index in [1.165, 1.54) is 44.1 Å². The van der Waals surface area contributed by atoms with Crippen molar-refractivity contribution in [2.75, 3.05) is 20.3 Å². The maximum Gasteiger partial charge on any atom is 0.333 e. The molecule has 190 valence electrons. The number of hydrogen-bond acceptors (Lipinski definition) is 9. The van der Waals surface area contributed by atoms with Gasteiger partial charge in [0.2, 0.25) is 5.89 Å². The molecule has 0 saturated carbocycles. The first-order chi connectivity index (χ1) is 17.2. The fraction of sp³-hybridized carbons (Fsp3) is 0.333. The maximum atomic E-state index is 13.7. The molecule has 4 rings (SSSR count). The first-order valence-electron chi connectivity index (χ1n) is 11.0. The minimum absolute atomic E-state index is 0.0210. The Morgan fingerprint density at radius 1 is 1.28 bits per heavy atom. The molecular formula is C24H25N3O8S. The molecular weight excluding hydrogens is 490 g/mol. The number of methoxy groups -OCH3 is 1. The summed E-state index contributed by atoms with van der Waals surface area (Å²) in [6.07, 6.45) is 2.08. The third kappa shape index (κ3) is 4.45. The van der Waals surface area contributed by atoms with E-state index in [9.17, 15) is 24.6 Å². The number of rotatable bonds is 10. The molecule has 4 aromatic rings. The summed E-state index contributed by atoms with van der Waals surface area (Å²) >= 11 is 1.12. The Labute approximate surface area is 208 Å². The summed E-state index contributed by atoms with van der Waals surface area (Å²) < 4.78 is 18.8. The number of aromatic nitrogens is 3. The monoisotopic (exact) mass is 515 g/mol. The van der Waals surface area contributed by atoms with Crippen molar-refractivity contribution in [1.29, 1.82) is 0 Å². The van der Waals surface area contributed by atoms with Crippen LogP contribution < -0.4 is 16.0 Å². The number of carbonyl (C=O) groups is 1. The van der Waals surface area contributed by atoms with Crippen LogP contribution in [0, 0.1) is 0 Å². The molecule has 0 radical (unpaired) electrons. The summed E-state index contributed by atoms with van der Waals surface area (Å²) in [4.78, 5) is 44.1. The summed E-state index contributed by atoms with van der Waals surface area (Å²) in [5.74, 6) is -0.569. The van der Waals surface area contributed by atoms with E-state index >= 15 is 0 Å². The van der Waals surface area contributed by atoms with Gasteiger partial charge in [-0.15, -0.1) is 11.3 Å². The minimum atomic E-state index is -1.83. The zero-order valence-corrected chi connectivity index (χ0v) is 20.7. The Bertz CT molecular complexity index is 1500. The molecule has 1 atom stereocenters. The van der Waals surface area contributed by atoms with Crippen LogP contribution in [0.5, 0.6) is 5.75 Å². The highest BCUT2D eigenvalue weighted by atomic mass is 32.1. The van der Waals surface area contributed by atoms with Gasteiger partial charge in [-0.1, -0.05) is 18.2 Å². The summed E-state index contributed by atoms with van der Waals surface area (Å²) in [7, 11) is 1.50. The molecule has 2 N–H and O–H groups in total. The van der Waals surface area contributed by atoms with Crippen LogP contribution in [0.25, 0.3) is 21.0 Å². The second kappa shape index (κ2) is 10.1. The number of carboxylic acid groups (broad SMARTS) is 1. The summed E-state index contributed by atoms with van der Waals surface area (Å²) in [5.41, 5.74) is -2.76. The molecule has 0 saturated heterocycles. The Morgan fingerprint density at radius 2 is 2.03 bits per heavy atom. The number of carboxylic acids is 1. The van der Waals surface area contributed by atoms with Crippen molar-refractivity contribution in [3.05, 3.63) is 69.2 Å². The van der Waals surface area contributed by atoms with E-state index in [-0.39, 0.29) is 31.0 Å². The standard InChI is InChI=1S/C24H25N3O8S/c1-24(2,22(30)31)27-20(29)15-12-18(19-25-8-10-35-19)36-21(15)26(23(27)32)13-17(34-11-9-28)14-6-4-5-7-16(14)33-3/h4-8,10,12,17,28H,9,11,13H2,1-3H3,(H,30,31)/t17-/m0/s1. The zero-order chi connectivity index (χ0) is 26.0. The smallest absolute Gasteiger partial charge is 0.333 e. The van der Waals surface area contributed by atoms with Crippen molar-refractivity contribution in [3.8, 4) is 16.5 Å². The van der Waals surface area contributed by atoms with E-state index in [0.717, 1.165) is 15.9 Å². The van der Waals surface area contributed by atoms with Crippen LogP contribution in [-0.2, 0) is 21.6 Å². The maximum absolute atomic E-state index is 13.7. The average Bonchev–Trinajstić information content (AvgIpc) is 3.54. The molecule has 11 nitrogen and oxygen atoms in total. The lowest BCUT2D eigenvalue weighted by Crippen LogP contribution is -2.52. The molecule has 0 aliphatic heterocycles. The molecule has 0 aliphatic carbocycles. The van der Waals surface area contributed by atoms with E-state index in [4.69, 9.17) is 13.9 Å². The Hall–Kier alpha value is -3.74. The molecule has 1 aromatic carbocycles. The number of benzene rings is 1. The molecule has 0 amide bonds.